The van der Waals surface area contributed by atoms with Crippen molar-refractivity contribution in [2.45, 2.75) is 13.1 Å². The van der Waals surface area contributed by atoms with Crippen molar-refractivity contribution in [3.8, 4) is 17.2 Å². The number of rotatable bonds is 6. The van der Waals surface area contributed by atoms with E-state index in [1.54, 1.807) is 18.2 Å². The minimum absolute atomic E-state index is 0.0369. The summed E-state index contributed by atoms with van der Waals surface area (Å²) in [7, 11) is 1.34. The summed E-state index contributed by atoms with van der Waals surface area (Å²) in [6.07, 6.45) is -3.13. The normalized spacial score (nSPS) is 14.8. The number of aryl methyl sites for hydroxylation is 1. The van der Waals surface area contributed by atoms with Gasteiger partial charge < -0.3 is 9.47 Å². The topological polar surface area (TPSA) is 81.9 Å². The molecular formula is C25H17F3N2O5S2. The molecule has 0 unspecified atom stereocenters. The molecule has 1 fully saturated rings. The Morgan fingerprint density at radius 3 is 2.43 bits per heavy atom. The van der Waals surface area contributed by atoms with Crippen LogP contribution in [-0.2, 0) is 11.0 Å². The molecule has 12 heteroatoms. The Hall–Kier alpha value is -3.90. The molecule has 1 saturated heterocycles. The highest BCUT2D eigenvalue weighted by atomic mass is 32.2. The number of hydrogen-bond acceptors (Lipinski definition) is 7. The molecule has 3 aromatic carbocycles. The van der Waals surface area contributed by atoms with Gasteiger partial charge in [-0.3, -0.25) is 19.8 Å². The third-order valence-electron chi connectivity index (χ3n) is 5.24. The van der Waals surface area contributed by atoms with Crippen LogP contribution in [0.15, 0.2) is 65.6 Å². The van der Waals surface area contributed by atoms with Crippen molar-refractivity contribution in [3.05, 3.63) is 92.4 Å². The molecule has 1 aliphatic heterocycles. The predicted molar refractivity (Wildman–Crippen MR) is 138 cm³/mol. The third kappa shape index (κ3) is 5.59. The van der Waals surface area contributed by atoms with Gasteiger partial charge in [-0.15, -0.1) is 0 Å². The lowest BCUT2D eigenvalue weighted by Gasteiger charge is -2.15. The number of nitrogens with zero attached hydrogens (tertiary/aromatic N) is 2. The first-order valence-corrected chi connectivity index (χ1v) is 11.8. The Bertz CT molecular complexity index is 1460. The number of carbonyl (C=O) groups is 1. The average molecular weight is 547 g/mol. The van der Waals surface area contributed by atoms with Gasteiger partial charge in [0.25, 0.3) is 5.91 Å². The summed E-state index contributed by atoms with van der Waals surface area (Å²) in [5, 5.41) is 11.4. The van der Waals surface area contributed by atoms with E-state index in [4.69, 9.17) is 21.7 Å². The number of nitro groups is 1. The molecule has 190 valence electrons. The summed E-state index contributed by atoms with van der Waals surface area (Å²) in [4.78, 5) is 25.3. The van der Waals surface area contributed by atoms with Gasteiger partial charge in [0, 0.05) is 6.07 Å². The highest BCUT2D eigenvalue weighted by Gasteiger charge is 2.34. The quantitative estimate of drug-likeness (QED) is 0.141. The largest absolute Gasteiger partial charge is 0.493 e. The van der Waals surface area contributed by atoms with Crippen LogP contribution < -0.4 is 14.4 Å². The van der Waals surface area contributed by atoms with Gasteiger partial charge in [-0.2, -0.15) is 13.2 Å². The molecule has 3 aromatic rings. The fourth-order valence-electron chi connectivity index (χ4n) is 3.51. The molecule has 1 aliphatic rings. The number of amides is 1. The Morgan fingerprint density at radius 2 is 1.78 bits per heavy atom. The van der Waals surface area contributed by atoms with E-state index < -0.39 is 22.4 Å². The number of thioether (sulfide) groups is 1. The molecule has 0 spiro atoms. The first-order valence-electron chi connectivity index (χ1n) is 10.5. The molecule has 1 amide bonds. The lowest BCUT2D eigenvalue weighted by molar-refractivity contribution is -0.385. The molecule has 0 saturated carbocycles. The summed E-state index contributed by atoms with van der Waals surface area (Å²) < 4.78 is 50.2. The average Bonchev–Trinajstić information content (AvgIpc) is 3.11. The zero-order chi connectivity index (χ0) is 26.9. The lowest BCUT2D eigenvalue weighted by Crippen LogP contribution is -2.27. The number of benzene rings is 3. The SMILES string of the molecule is COc1cc(/C=C2\SC(=S)N(c3cccc(C)c3)C2=O)ccc1Oc1ccc(C(F)(F)F)cc1[N+](=O)[O-]. The second kappa shape index (κ2) is 10.2. The standard InChI is InChI=1S/C25H17F3N2O5S2/c1-14-4-3-5-17(10-14)29-23(31)22(37-24(29)36)12-15-6-8-20(21(11-15)34-2)35-19-9-7-16(25(26,27)28)13-18(19)30(32)33/h3-13H,1-2H3/b22-12-. The maximum Gasteiger partial charge on any atom is 0.416 e. The Kier molecular flexibility index (Phi) is 7.23. The van der Waals surface area contributed by atoms with Crippen molar-refractivity contribution < 1.29 is 32.4 Å². The number of nitro benzene ring substituents is 1. The fourth-order valence-corrected chi connectivity index (χ4v) is 4.81. The molecular weight excluding hydrogens is 529 g/mol. The number of carbonyl (C=O) groups excluding carboxylic acids is 1. The van der Waals surface area contributed by atoms with Gasteiger partial charge in [0.05, 0.1) is 28.2 Å². The summed E-state index contributed by atoms with van der Waals surface area (Å²) in [6.45, 7) is 1.91. The highest BCUT2D eigenvalue weighted by Crippen LogP contribution is 2.41. The van der Waals surface area contributed by atoms with E-state index in [-0.39, 0.29) is 23.2 Å². The minimum Gasteiger partial charge on any atom is -0.493 e. The van der Waals surface area contributed by atoms with Gasteiger partial charge in [-0.1, -0.05) is 42.2 Å². The molecule has 0 N–H and O–H groups in total. The number of hydrogen-bond donors (Lipinski definition) is 0. The monoisotopic (exact) mass is 546 g/mol. The number of thiocarbonyl (C=S) groups is 1. The second-order valence-electron chi connectivity index (χ2n) is 7.81. The zero-order valence-electron chi connectivity index (χ0n) is 19.2. The van der Waals surface area contributed by atoms with Crippen molar-refractivity contribution in [3.63, 3.8) is 0 Å². The molecule has 37 heavy (non-hydrogen) atoms. The molecule has 0 radical (unpaired) electrons. The summed E-state index contributed by atoms with van der Waals surface area (Å²) in [6, 6.07) is 13.9. The van der Waals surface area contributed by atoms with Gasteiger partial charge in [-0.25, -0.2) is 0 Å². The molecule has 0 atom stereocenters. The Labute approximate surface area is 218 Å². The Balaban J connectivity index is 1.62. The van der Waals surface area contributed by atoms with Crippen LogP contribution in [0.4, 0.5) is 24.5 Å². The first kappa shape index (κ1) is 26.2. The maximum atomic E-state index is 13.0. The Morgan fingerprint density at radius 1 is 1.05 bits per heavy atom. The molecule has 7 nitrogen and oxygen atoms in total. The van der Waals surface area contributed by atoms with Gasteiger partial charge in [-0.05, 0) is 60.5 Å². The fraction of sp³-hybridized carbons (Fsp3) is 0.120. The maximum absolute atomic E-state index is 13.0. The van der Waals surface area contributed by atoms with Crippen LogP contribution in [0.3, 0.4) is 0 Å². The van der Waals surface area contributed by atoms with Gasteiger partial charge in [0.15, 0.2) is 15.8 Å². The summed E-state index contributed by atoms with van der Waals surface area (Å²) in [5.74, 6) is -0.490. The lowest BCUT2D eigenvalue weighted by atomic mass is 10.1. The van der Waals surface area contributed by atoms with Gasteiger partial charge >= 0.3 is 11.9 Å². The highest BCUT2D eigenvalue weighted by molar-refractivity contribution is 8.27. The summed E-state index contributed by atoms with van der Waals surface area (Å²) in [5.41, 5.74) is 0.169. The van der Waals surface area contributed by atoms with Crippen LogP contribution in [-0.4, -0.2) is 22.3 Å². The van der Waals surface area contributed by atoms with Crippen molar-refractivity contribution >= 4 is 51.7 Å². The van der Waals surface area contributed by atoms with Crippen molar-refractivity contribution in [1.82, 2.24) is 0 Å². The zero-order valence-corrected chi connectivity index (χ0v) is 20.9. The molecule has 1 heterocycles. The predicted octanol–water partition coefficient (Wildman–Crippen LogP) is 7.13. The second-order valence-corrected chi connectivity index (χ2v) is 9.48. The molecule has 4 rings (SSSR count). The van der Waals surface area contributed by atoms with Crippen LogP contribution in [0.1, 0.15) is 16.7 Å². The molecule has 0 aliphatic carbocycles. The van der Waals surface area contributed by atoms with E-state index in [2.05, 4.69) is 0 Å². The van der Waals surface area contributed by atoms with Crippen LogP contribution in [0, 0.1) is 17.0 Å². The number of alkyl halides is 3. The van der Waals surface area contributed by atoms with Crippen molar-refractivity contribution in [1.29, 1.82) is 0 Å². The van der Waals surface area contributed by atoms with Crippen LogP contribution >= 0.6 is 24.0 Å². The van der Waals surface area contributed by atoms with Gasteiger partial charge in [0.2, 0.25) is 5.75 Å². The van der Waals surface area contributed by atoms with Crippen molar-refractivity contribution in [2.24, 2.45) is 0 Å². The molecule has 0 aromatic heterocycles. The number of anilines is 1. The van der Waals surface area contributed by atoms with E-state index in [0.717, 1.165) is 23.4 Å². The summed E-state index contributed by atoms with van der Waals surface area (Å²) >= 11 is 6.54. The number of halogens is 3. The smallest absolute Gasteiger partial charge is 0.416 e. The van der Waals surface area contributed by atoms with Crippen LogP contribution in [0.25, 0.3) is 6.08 Å². The van der Waals surface area contributed by atoms with Gasteiger partial charge in [0.1, 0.15) is 0 Å². The van der Waals surface area contributed by atoms with E-state index in [9.17, 15) is 28.1 Å². The van der Waals surface area contributed by atoms with E-state index in [0.29, 0.717) is 32.6 Å². The molecule has 0 bridgehead atoms. The third-order valence-corrected chi connectivity index (χ3v) is 6.54. The van der Waals surface area contributed by atoms with E-state index in [1.165, 1.54) is 24.1 Å². The minimum atomic E-state index is -4.75. The van der Waals surface area contributed by atoms with Crippen LogP contribution in [0.5, 0.6) is 17.2 Å². The number of ether oxygens (including phenoxy) is 2. The van der Waals surface area contributed by atoms with E-state index in [1.807, 2.05) is 25.1 Å². The van der Waals surface area contributed by atoms with E-state index >= 15 is 0 Å². The first-order chi connectivity index (χ1) is 17.5. The van der Waals surface area contributed by atoms with Crippen LogP contribution in [0.2, 0.25) is 0 Å². The van der Waals surface area contributed by atoms with Crippen molar-refractivity contribution in [2.75, 3.05) is 12.0 Å². The number of methoxy groups -OCH3 is 1.